The highest BCUT2D eigenvalue weighted by molar-refractivity contribution is 4.83. The van der Waals surface area contributed by atoms with Crippen molar-refractivity contribution in [1.29, 1.82) is 0 Å². The first-order valence-electron chi connectivity index (χ1n) is 4.20. The molecule has 0 aliphatic carbocycles. The van der Waals surface area contributed by atoms with E-state index in [0.29, 0.717) is 0 Å². The highest BCUT2D eigenvalue weighted by Crippen LogP contribution is 2.26. The maximum absolute atomic E-state index is 5.39. The second-order valence-corrected chi connectivity index (χ2v) is 3.50. The van der Waals surface area contributed by atoms with E-state index in [-0.39, 0.29) is 0 Å². The largest absolute Gasteiger partial charge is 0.364 e. The maximum atomic E-state index is 5.39. The first-order chi connectivity index (χ1) is 4.88. The third-order valence-electron chi connectivity index (χ3n) is 2.78. The number of rotatable bonds is 0. The molecule has 0 aromatic carbocycles. The van der Waals surface area contributed by atoms with Crippen molar-refractivity contribution in [3.8, 4) is 0 Å². The van der Waals surface area contributed by atoms with Gasteiger partial charge in [-0.3, -0.25) is 4.90 Å². The van der Waals surface area contributed by atoms with Crippen LogP contribution in [0.1, 0.15) is 19.8 Å². The summed E-state index contributed by atoms with van der Waals surface area (Å²) in [5.41, 5.74) is 0. The minimum Gasteiger partial charge on any atom is -0.364 e. The fraction of sp³-hybridized carbons (Fsp3) is 1.00. The van der Waals surface area contributed by atoms with Crippen LogP contribution in [0.3, 0.4) is 0 Å². The topological polar surface area (TPSA) is 12.5 Å². The molecule has 2 nitrogen and oxygen atoms in total. The van der Waals surface area contributed by atoms with E-state index in [9.17, 15) is 0 Å². The number of hydrogen-bond donors (Lipinski definition) is 0. The number of hydrogen-bond acceptors (Lipinski definition) is 2. The molecule has 0 unspecified atom stereocenters. The van der Waals surface area contributed by atoms with Crippen molar-refractivity contribution < 1.29 is 4.74 Å². The van der Waals surface area contributed by atoms with Crippen molar-refractivity contribution in [1.82, 2.24) is 4.90 Å². The van der Waals surface area contributed by atoms with Gasteiger partial charge in [0.15, 0.2) is 0 Å². The number of fused-ring (bicyclic) bond motifs is 1. The highest BCUT2D eigenvalue weighted by Gasteiger charge is 2.32. The van der Waals surface area contributed by atoms with Gasteiger partial charge in [0, 0.05) is 12.6 Å². The Bertz CT molecular complexity index is 126. The molecule has 2 aliphatic heterocycles. The smallest absolute Gasteiger partial charge is 0.0994 e. The van der Waals surface area contributed by atoms with Gasteiger partial charge in [-0.1, -0.05) is 6.92 Å². The second-order valence-electron chi connectivity index (χ2n) is 3.50. The lowest BCUT2D eigenvalue weighted by atomic mass is 9.92. The summed E-state index contributed by atoms with van der Waals surface area (Å²) in [5, 5.41) is 0. The Kier molecular flexibility index (Phi) is 1.66. The lowest BCUT2D eigenvalue weighted by Gasteiger charge is -2.32. The summed E-state index contributed by atoms with van der Waals surface area (Å²) < 4.78 is 5.39. The Balaban J connectivity index is 2.03. The SMILES string of the molecule is C[C@H]1CCCN2COC[C@@H]12. The van der Waals surface area contributed by atoms with Crippen LogP contribution in [0, 0.1) is 5.92 Å². The molecule has 2 heteroatoms. The van der Waals surface area contributed by atoms with E-state index in [1.807, 2.05) is 0 Å². The Hall–Kier alpha value is -0.0800. The molecule has 58 valence electrons. The van der Waals surface area contributed by atoms with E-state index < -0.39 is 0 Å². The van der Waals surface area contributed by atoms with Crippen molar-refractivity contribution in [2.24, 2.45) is 5.92 Å². The molecule has 0 amide bonds. The number of ether oxygens (including phenoxy) is 1. The van der Waals surface area contributed by atoms with Crippen LogP contribution >= 0.6 is 0 Å². The highest BCUT2D eigenvalue weighted by atomic mass is 16.5. The van der Waals surface area contributed by atoms with Crippen molar-refractivity contribution >= 4 is 0 Å². The van der Waals surface area contributed by atoms with E-state index in [1.54, 1.807) is 0 Å². The summed E-state index contributed by atoms with van der Waals surface area (Å²) in [5.74, 6) is 0.858. The summed E-state index contributed by atoms with van der Waals surface area (Å²) in [6.07, 6.45) is 2.76. The van der Waals surface area contributed by atoms with Crippen molar-refractivity contribution in [3.63, 3.8) is 0 Å². The van der Waals surface area contributed by atoms with Gasteiger partial charge in [0.25, 0.3) is 0 Å². The summed E-state index contributed by atoms with van der Waals surface area (Å²) in [7, 11) is 0. The van der Waals surface area contributed by atoms with Crippen LogP contribution in [0.15, 0.2) is 0 Å². The van der Waals surface area contributed by atoms with E-state index in [2.05, 4.69) is 11.8 Å². The standard InChI is InChI=1S/C8H15NO/c1-7-3-2-4-9-6-10-5-8(7)9/h7-8H,2-6H2,1H3/t7-,8-/m0/s1. The number of piperidine rings is 1. The molecule has 0 bridgehead atoms. The molecule has 0 aromatic heterocycles. The molecule has 2 aliphatic rings. The summed E-state index contributed by atoms with van der Waals surface area (Å²) >= 11 is 0. The Morgan fingerprint density at radius 1 is 1.50 bits per heavy atom. The minimum atomic E-state index is 0.744. The molecule has 0 aromatic rings. The minimum absolute atomic E-state index is 0.744. The molecule has 2 saturated heterocycles. The zero-order valence-electron chi connectivity index (χ0n) is 6.55. The van der Waals surface area contributed by atoms with Crippen LogP contribution in [0.4, 0.5) is 0 Å². The van der Waals surface area contributed by atoms with Gasteiger partial charge in [-0.25, -0.2) is 0 Å². The summed E-state index contributed by atoms with van der Waals surface area (Å²) in [6.45, 7) is 5.46. The van der Waals surface area contributed by atoms with Gasteiger partial charge in [0.1, 0.15) is 0 Å². The van der Waals surface area contributed by atoms with Crippen LogP contribution in [0.2, 0.25) is 0 Å². The Morgan fingerprint density at radius 3 is 3.20 bits per heavy atom. The lowest BCUT2D eigenvalue weighted by Crippen LogP contribution is -2.40. The summed E-state index contributed by atoms with van der Waals surface area (Å²) in [4.78, 5) is 2.47. The van der Waals surface area contributed by atoms with E-state index in [0.717, 1.165) is 25.3 Å². The molecule has 10 heavy (non-hydrogen) atoms. The molecule has 0 saturated carbocycles. The van der Waals surface area contributed by atoms with E-state index in [1.165, 1.54) is 19.4 Å². The van der Waals surface area contributed by atoms with E-state index >= 15 is 0 Å². The zero-order chi connectivity index (χ0) is 6.97. The van der Waals surface area contributed by atoms with Crippen molar-refractivity contribution in [2.75, 3.05) is 19.9 Å². The molecule has 2 rings (SSSR count). The average molecular weight is 141 g/mol. The molecule has 2 heterocycles. The fourth-order valence-electron chi connectivity index (χ4n) is 2.06. The predicted octanol–water partition coefficient (Wildman–Crippen LogP) is 1.07. The normalized spacial score (nSPS) is 41.7. The molecule has 0 N–H and O–H groups in total. The van der Waals surface area contributed by atoms with Gasteiger partial charge in [-0.2, -0.15) is 0 Å². The van der Waals surface area contributed by atoms with Crippen LogP contribution in [-0.2, 0) is 4.74 Å². The fourth-order valence-corrected chi connectivity index (χ4v) is 2.06. The molecule has 2 atom stereocenters. The molecule has 2 fully saturated rings. The monoisotopic (exact) mass is 141 g/mol. The van der Waals surface area contributed by atoms with E-state index in [4.69, 9.17) is 4.74 Å². The number of nitrogens with zero attached hydrogens (tertiary/aromatic N) is 1. The Morgan fingerprint density at radius 2 is 2.40 bits per heavy atom. The second kappa shape index (κ2) is 2.51. The van der Waals surface area contributed by atoms with Crippen LogP contribution in [0.5, 0.6) is 0 Å². The van der Waals surface area contributed by atoms with Crippen molar-refractivity contribution in [3.05, 3.63) is 0 Å². The van der Waals surface area contributed by atoms with Gasteiger partial charge in [-0.15, -0.1) is 0 Å². The van der Waals surface area contributed by atoms with Gasteiger partial charge >= 0.3 is 0 Å². The zero-order valence-corrected chi connectivity index (χ0v) is 6.55. The third-order valence-corrected chi connectivity index (χ3v) is 2.78. The Labute approximate surface area is 62.2 Å². The molecule has 0 radical (unpaired) electrons. The maximum Gasteiger partial charge on any atom is 0.0994 e. The van der Waals surface area contributed by atoms with Gasteiger partial charge < -0.3 is 4.74 Å². The first-order valence-corrected chi connectivity index (χ1v) is 4.20. The van der Waals surface area contributed by atoms with Gasteiger partial charge in [0.05, 0.1) is 13.3 Å². The van der Waals surface area contributed by atoms with Crippen LogP contribution in [0.25, 0.3) is 0 Å². The average Bonchev–Trinajstić information content (AvgIpc) is 2.36. The molecule has 0 spiro atoms. The predicted molar refractivity (Wildman–Crippen MR) is 39.7 cm³/mol. The van der Waals surface area contributed by atoms with Gasteiger partial charge in [-0.05, 0) is 18.8 Å². The first kappa shape index (κ1) is 6.62. The van der Waals surface area contributed by atoms with Crippen molar-refractivity contribution in [2.45, 2.75) is 25.8 Å². The third kappa shape index (κ3) is 0.956. The van der Waals surface area contributed by atoms with Gasteiger partial charge in [0.2, 0.25) is 0 Å². The molecular formula is C8H15NO. The quantitative estimate of drug-likeness (QED) is 0.500. The van der Waals surface area contributed by atoms with Crippen LogP contribution in [-0.4, -0.2) is 30.8 Å². The summed E-state index contributed by atoms with van der Waals surface area (Å²) in [6, 6.07) is 0.744. The van der Waals surface area contributed by atoms with Crippen LogP contribution < -0.4 is 0 Å². The lowest BCUT2D eigenvalue weighted by molar-refractivity contribution is 0.117. The molecular weight excluding hydrogens is 126 g/mol.